The quantitative estimate of drug-likeness (QED) is 0.792. The molecule has 1 fully saturated rings. The van der Waals surface area contributed by atoms with E-state index in [0.29, 0.717) is 25.1 Å². The largest absolute Gasteiger partial charge is 0.464 e. The first-order chi connectivity index (χ1) is 9.63. The van der Waals surface area contributed by atoms with Gasteiger partial charge in [0.15, 0.2) is 0 Å². The molecule has 0 N–H and O–H groups in total. The molecule has 0 aromatic carbocycles. The maximum atomic E-state index is 12.5. The number of ether oxygens (including phenoxy) is 1. The Kier molecular flexibility index (Phi) is 4.71. The fourth-order valence-electron chi connectivity index (χ4n) is 2.42. The number of hydrogen-bond donors (Lipinski definition) is 0. The molecule has 1 amide bonds. The van der Waals surface area contributed by atoms with Gasteiger partial charge in [0.1, 0.15) is 6.04 Å². The molecule has 0 saturated carbocycles. The number of amides is 1. The monoisotopic (exact) mass is 276 g/mol. The Hall–Kier alpha value is -1.91. The number of aromatic nitrogens is 1. The normalized spacial score (nSPS) is 18.7. The van der Waals surface area contributed by atoms with E-state index in [1.165, 1.54) is 0 Å². The number of pyridine rings is 1. The van der Waals surface area contributed by atoms with Crippen molar-refractivity contribution in [1.82, 2.24) is 9.88 Å². The summed E-state index contributed by atoms with van der Waals surface area (Å²) >= 11 is 0. The average molecular weight is 276 g/mol. The molecule has 108 valence electrons. The molecule has 1 atom stereocenters. The Bertz CT molecular complexity index is 484. The molecule has 1 unspecified atom stereocenters. The SMILES string of the molecule is CCOC(=O)C1CCCCN1C(=O)c1ccc(C)nc1. The number of nitrogens with zero attached hydrogens (tertiary/aromatic N) is 2. The Labute approximate surface area is 118 Å². The molecule has 1 aromatic heterocycles. The number of aryl methyl sites for hydroxylation is 1. The second-order valence-electron chi connectivity index (χ2n) is 4.95. The van der Waals surface area contributed by atoms with Crippen LogP contribution in [0, 0.1) is 6.92 Å². The zero-order chi connectivity index (χ0) is 14.5. The molecule has 5 nitrogen and oxygen atoms in total. The summed E-state index contributed by atoms with van der Waals surface area (Å²) in [6.45, 7) is 4.58. The molecule has 1 aliphatic rings. The predicted molar refractivity (Wildman–Crippen MR) is 74.3 cm³/mol. The Morgan fingerprint density at radius 2 is 2.20 bits per heavy atom. The van der Waals surface area contributed by atoms with Crippen LogP contribution in [0.1, 0.15) is 42.2 Å². The van der Waals surface area contributed by atoms with Crippen LogP contribution in [0.2, 0.25) is 0 Å². The lowest BCUT2D eigenvalue weighted by Gasteiger charge is -2.34. The summed E-state index contributed by atoms with van der Waals surface area (Å²) in [5.41, 5.74) is 1.38. The van der Waals surface area contributed by atoms with Crippen LogP contribution in [0.3, 0.4) is 0 Å². The third kappa shape index (κ3) is 3.15. The van der Waals surface area contributed by atoms with Crippen LogP contribution in [-0.2, 0) is 9.53 Å². The highest BCUT2D eigenvalue weighted by molar-refractivity contribution is 5.96. The molecule has 2 heterocycles. The Balaban J connectivity index is 2.16. The van der Waals surface area contributed by atoms with Crippen molar-refractivity contribution in [2.24, 2.45) is 0 Å². The van der Waals surface area contributed by atoms with Gasteiger partial charge in [-0.05, 0) is 45.2 Å². The van der Waals surface area contributed by atoms with Gasteiger partial charge in [0, 0.05) is 18.4 Å². The van der Waals surface area contributed by atoms with Crippen molar-refractivity contribution in [1.29, 1.82) is 0 Å². The van der Waals surface area contributed by atoms with E-state index >= 15 is 0 Å². The average Bonchev–Trinajstić information content (AvgIpc) is 2.47. The smallest absolute Gasteiger partial charge is 0.328 e. The van der Waals surface area contributed by atoms with Gasteiger partial charge in [0.2, 0.25) is 0 Å². The molecule has 0 radical (unpaired) electrons. The summed E-state index contributed by atoms with van der Waals surface area (Å²) in [7, 11) is 0. The van der Waals surface area contributed by atoms with Gasteiger partial charge in [-0.25, -0.2) is 4.79 Å². The summed E-state index contributed by atoms with van der Waals surface area (Å²) in [6, 6.07) is 3.09. The van der Waals surface area contributed by atoms with Gasteiger partial charge >= 0.3 is 5.97 Å². The molecular formula is C15H20N2O3. The van der Waals surface area contributed by atoms with E-state index < -0.39 is 6.04 Å². The topological polar surface area (TPSA) is 59.5 Å². The first kappa shape index (κ1) is 14.5. The molecule has 1 saturated heterocycles. The van der Waals surface area contributed by atoms with Crippen molar-refractivity contribution in [3.05, 3.63) is 29.6 Å². The van der Waals surface area contributed by atoms with Gasteiger partial charge in [-0.2, -0.15) is 0 Å². The van der Waals surface area contributed by atoms with E-state index in [-0.39, 0.29) is 11.9 Å². The van der Waals surface area contributed by atoms with Crippen molar-refractivity contribution in [2.45, 2.75) is 39.2 Å². The van der Waals surface area contributed by atoms with Crippen molar-refractivity contribution >= 4 is 11.9 Å². The molecule has 5 heteroatoms. The van der Waals surface area contributed by atoms with Crippen LogP contribution in [0.4, 0.5) is 0 Å². The third-order valence-corrected chi connectivity index (χ3v) is 3.48. The van der Waals surface area contributed by atoms with E-state index in [1.807, 2.05) is 6.92 Å². The first-order valence-electron chi connectivity index (χ1n) is 7.03. The highest BCUT2D eigenvalue weighted by Crippen LogP contribution is 2.20. The summed E-state index contributed by atoms with van der Waals surface area (Å²) in [6.07, 6.45) is 4.10. The van der Waals surface area contributed by atoms with E-state index in [4.69, 9.17) is 4.74 Å². The van der Waals surface area contributed by atoms with Crippen LogP contribution >= 0.6 is 0 Å². The van der Waals surface area contributed by atoms with Crippen LogP contribution in [0.5, 0.6) is 0 Å². The van der Waals surface area contributed by atoms with Crippen molar-refractivity contribution < 1.29 is 14.3 Å². The number of likely N-dealkylation sites (tertiary alicyclic amines) is 1. The molecule has 2 rings (SSSR count). The van der Waals surface area contributed by atoms with Crippen molar-refractivity contribution in [3.8, 4) is 0 Å². The number of carbonyl (C=O) groups excluding carboxylic acids is 2. The van der Waals surface area contributed by atoms with Gasteiger partial charge in [0.25, 0.3) is 5.91 Å². The maximum absolute atomic E-state index is 12.5. The van der Waals surface area contributed by atoms with Crippen LogP contribution in [0.25, 0.3) is 0 Å². The van der Waals surface area contributed by atoms with Gasteiger partial charge in [0.05, 0.1) is 12.2 Å². The van der Waals surface area contributed by atoms with Gasteiger partial charge < -0.3 is 9.64 Å². The van der Waals surface area contributed by atoms with Gasteiger partial charge in [-0.3, -0.25) is 9.78 Å². The summed E-state index contributed by atoms with van der Waals surface area (Å²) in [5, 5.41) is 0. The lowest BCUT2D eigenvalue weighted by Crippen LogP contribution is -2.48. The summed E-state index contributed by atoms with van der Waals surface area (Å²) in [5.74, 6) is -0.448. The fourth-order valence-corrected chi connectivity index (χ4v) is 2.42. The second-order valence-corrected chi connectivity index (χ2v) is 4.95. The number of hydrogen-bond acceptors (Lipinski definition) is 4. The van der Waals surface area contributed by atoms with Crippen LogP contribution in [-0.4, -0.2) is 41.0 Å². The summed E-state index contributed by atoms with van der Waals surface area (Å²) < 4.78 is 5.07. The fraction of sp³-hybridized carbons (Fsp3) is 0.533. The third-order valence-electron chi connectivity index (χ3n) is 3.48. The Morgan fingerprint density at radius 1 is 1.40 bits per heavy atom. The zero-order valence-corrected chi connectivity index (χ0v) is 12.0. The zero-order valence-electron chi connectivity index (χ0n) is 12.0. The second kappa shape index (κ2) is 6.50. The van der Waals surface area contributed by atoms with E-state index in [2.05, 4.69) is 4.98 Å². The summed E-state index contributed by atoms with van der Waals surface area (Å²) in [4.78, 5) is 30.2. The molecule has 1 aliphatic heterocycles. The predicted octanol–water partition coefficient (Wildman–Crippen LogP) is 1.95. The molecule has 0 spiro atoms. The van der Waals surface area contributed by atoms with Crippen molar-refractivity contribution in [2.75, 3.05) is 13.2 Å². The highest BCUT2D eigenvalue weighted by Gasteiger charge is 2.33. The number of rotatable bonds is 3. The van der Waals surface area contributed by atoms with Crippen LogP contribution < -0.4 is 0 Å². The number of esters is 1. The van der Waals surface area contributed by atoms with E-state index in [1.54, 1.807) is 30.2 Å². The lowest BCUT2D eigenvalue weighted by molar-refractivity contribution is -0.149. The molecule has 0 aliphatic carbocycles. The van der Waals surface area contributed by atoms with E-state index in [9.17, 15) is 9.59 Å². The minimum Gasteiger partial charge on any atom is -0.464 e. The highest BCUT2D eigenvalue weighted by atomic mass is 16.5. The van der Waals surface area contributed by atoms with Crippen molar-refractivity contribution in [3.63, 3.8) is 0 Å². The van der Waals surface area contributed by atoms with Gasteiger partial charge in [-0.1, -0.05) is 0 Å². The standard InChI is InChI=1S/C15H20N2O3/c1-3-20-15(19)13-6-4-5-9-17(13)14(18)12-8-7-11(2)16-10-12/h7-8,10,13H,3-6,9H2,1-2H3. The Morgan fingerprint density at radius 3 is 2.85 bits per heavy atom. The minimum atomic E-state index is -0.461. The molecule has 1 aromatic rings. The lowest BCUT2D eigenvalue weighted by atomic mass is 10.0. The minimum absolute atomic E-state index is 0.143. The molecule has 20 heavy (non-hydrogen) atoms. The molecule has 0 bridgehead atoms. The van der Waals surface area contributed by atoms with E-state index in [0.717, 1.165) is 18.5 Å². The van der Waals surface area contributed by atoms with Crippen LogP contribution in [0.15, 0.2) is 18.3 Å². The molecular weight excluding hydrogens is 256 g/mol. The number of piperidine rings is 1. The number of carbonyl (C=O) groups is 2. The first-order valence-corrected chi connectivity index (χ1v) is 7.03. The van der Waals surface area contributed by atoms with Gasteiger partial charge in [-0.15, -0.1) is 0 Å². The maximum Gasteiger partial charge on any atom is 0.328 e.